The Kier molecular flexibility index (Phi) is 7.64. The van der Waals surface area contributed by atoms with Crippen molar-refractivity contribution in [3.63, 3.8) is 0 Å². The standard InChI is InChI=1S/C29H29N7O5/c1-41-28(40)21(13-14-36-26(38)19-7-2-3-8-20(19)27(36)39)33-25(37)17-11-9-16(10-12-17)5-4-6-18-15-32-24-22(18)23(30)34-29(31)35-24/h2-3,7-12,15,21H,4-6,13-14H2,1H3,(H,33,37)(H5,30,31,32,34,35)/t21-/m0/s1. The number of benzene rings is 2. The molecule has 6 N–H and O–H groups in total. The van der Waals surface area contributed by atoms with Crippen molar-refractivity contribution in [1.29, 1.82) is 0 Å². The molecule has 0 aliphatic carbocycles. The smallest absolute Gasteiger partial charge is 0.328 e. The van der Waals surface area contributed by atoms with E-state index in [1.54, 1.807) is 36.4 Å². The largest absolute Gasteiger partial charge is 0.467 e. The van der Waals surface area contributed by atoms with E-state index >= 15 is 0 Å². The van der Waals surface area contributed by atoms with Gasteiger partial charge in [-0.05, 0) is 61.1 Å². The van der Waals surface area contributed by atoms with Crippen LogP contribution in [-0.2, 0) is 22.4 Å². The summed E-state index contributed by atoms with van der Waals surface area (Å²) in [5.74, 6) is -1.54. The molecule has 4 aromatic rings. The number of hydrogen-bond acceptors (Lipinski definition) is 9. The molecule has 0 saturated heterocycles. The topological polar surface area (TPSA) is 186 Å². The number of hydrogen-bond donors (Lipinski definition) is 4. The molecule has 12 nitrogen and oxygen atoms in total. The summed E-state index contributed by atoms with van der Waals surface area (Å²) in [6.07, 6.45) is 4.19. The molecule has 5 rings (SSSR count). The van der Waals surface area contributed by atoms with Crippen molar-refractivity contribution < 1.29 is 23.9 Å². The summed E-state index contributed by atoms with van der Waals surface area (Å²) in [5.41, 5.74) is 15.3. The van der Waals surface area contributed by atoms with Gasteiger partial charge in [-0.1, -0.05) is 24.3 Å². The fourth-order valence-electron chi connectivity index (χ4n) is 4.98. The number of amides is 3. The minimum atomic E-state index is -1.04. The third kappa shape index (κ3) is 5.57. The Hall–Kier alpha value is -5.26. The summed E-state index contributed by atoms with van der Waals surface area (Å²) < 4.78 is 4.85. The molecule has 0 spiro atoms. The Morgan fingerprint density at radius 2 is 1.68 bits per heavy atom. The number of esters is 1. The van der Waals surface area contributed by atoms with Gasteiger partial charge in [0.25, 0.3) is 17.7 Å². The number of anilines is 2. The average molecular weight is 556 g/mol. The van der Waals surface area contributed by atoms with E-state index in [-0.39, 0.29) is 18.9 Å². The first-order valence-corrected chi connectivity index (χ1v) is 13.1. The molecule has 0 saturated carbocycles. The molecule has 41 heavy (non-hydrogen) atoms. The molecule has 210 valence electrons. The van der Waals surface area contributed by atoms with Crippen LogP contribution in [0.15, 0.2) is 54.7 Å². The zero-order chi connectivity index (χ0) is 29.1. The first kappa shape index (κ1) is 27.3. The Labute approximate surface area is 235 Å². The number of rotatable bonds is 10. The number of carbonyl (C=O) groups excluding carboxylic acids is 4. The van der Waals surface area contributed by atoms with Gasteiger partial charge in [0.15, 0.2) is 0 Å². The van der Waals surface area contributed by atoms with E-state index < -0.39 is 29.7 Å². The van der Waals surface area contributed by atoms with E-state index in [1.807, 2.05) is 18.3 Å². The molecule has 0 bridgehead atoms. The van der Waals surface area contributed by atoms with Crippen LogP contribution < -0.4 is 16.8 Å². The summed E-state index contributed by atoms with van der Waals surface area (Å²) in [6.45, 7) is -0.0487. The predicted molar refractivity (Wildman–Crippen MR) is 151 cm³/mol. The minimum absolute atomic E-state index is 0.0119. The molecule has 1 atom stereocenters. The van der Waals surface area contributed by atoms with Crippen LogP contribution in [0.3, 0.4) is 0 Å². The molecular weight excluding hydrogens is 526 g/mol. The lowest BCUT2D eigenvalue weighted by Crippen LogP contribution is -2.44. The molecular formula is C29H29N7O5. The quantitative estimate of drug-likeness (QED) is 0.168. The number of nitrogens with two attached hydrogens (primary N) is 2. The Balaban J connectivity index is 1.16. The van der Waals surface area contributed by atoms with Crippen LogP contribution >= 0.6 is 0 Å². The number of aromatic nitrogens is 3. The molecule has 0 fully saturated rings. The number of fused-ring (bicyclic) bond motifs is 2. The number of nitrogens with one attached hydrogen (secondary N) is 2. The molecule has 2 aromatic carbocycles. The van der Waals surface area contributed by atoms with Gasteiger partial charge >= 0.3 is 5.97 Å². The third-order valence-corrected chi connectivity index (χ3v) is 7.10. The second-order valence-electron chi connectivity index (χ2n) is 9.70. The van der Waals surface area contributed by atoms with Gasteiger partial charge in [-0.15, -0.1) is 0 Å². The van der Waals surface area contributed by atoms with Crippen molar-refractivity contribution in [2.75, 3.05) is 25.1 Å². The summed E-state index contributed by atoms with van der Waals surface area (Å²) in [6, 6.07) is 12.6. The molecule has 2 aromatic heterocycles. The fraction of sp³-hybridized carbons (Fsp3) is 0.241. The van der Waals surface area contributed by atoms with Gasteiger partial charge in [0.2, 0.25) is 5.95 Å². The van der Waals surface area contributed by atoms with E-state index in [1.165, 1.54) is 7.11 Å². The summed E-state index contributed by atoms with van der Waals surface area (Å²) in [4.78, 5) is 63.0. The van der Waals surface area contributed by atoms with Crippen molar-refractivity contribution in [2.45, 2.75) is 31.7 Å². The van der Waals surface area contributed by atoms with Gasteiger partial charge < -0.3 is 26.5 Å². The van der Waals surface area contributed by atoms with Crippen molar-refractivity contribution >= 4 is 46.5 Å². The van der Waals surface area contributed by atoms with Crippen LogP contribution in [0.1, 0.15) is 55.0 Å². The van der Waals surface area contributed by atoms with Gasteiger partial charge in [0, 0.05) is 18.3 Å². The monoisotopic (exact) mass is 555 g/mol. The molecule has 0 radical (unpaired) electrons. The van der Waals surface area contributed by atoms with Crippen LogP contribution in [0.25, 0.3) is 11.0 Å². The zero-order valence-corrected chi connectivity index (χ0v) is 22.3. The van der Waals surface area contributed by atoms with E-state index in [4.69, 9.17) is 16.2 Å². The Bertz CT molecular complexity index is 1610. The highest BCUT2D eigenvalue weighted by Gasteiger charge is 2.36. The lowest BCUT2D eigenvalue weighted by Gasteiger charge is -2.20. The second kappa shape index (κ2) is 11.5. The molecule has 3 amide bonds. The molecule has 3 heterocycles. The zero-order valence-electron chi connectivity index (χ0n) is 22.3. The van der Waals surface area contributed by atoms with Crippen molar-refractivity contribution in [3.05, 3.63) is 82.5 Å². The maximum atomic E-state index is 12.9. The van der Waals surface area contributed by atoms with Crippen LogP contribution in [-0.4, -0.2) is 63.2 Å². The molecule has 1 aliphatic rings. The first-order chi connectivity index (χ1) is 19.8. The van der Waals surface area contributed by atoms with Gasteiger partial charge in [-0.2, -0.15) is 9.97 Å². The van der Waals surface area contributed by atoms with Crippen molar-refractivity contribution in [1.82, 2.24) is 25.2 Å². The number of carbonyl (C=O) groups is 4. The van der Waals surface area contributed by atoms with E-state index in [9.17, 15) is 19.2 Å². The molecule has 1 aliphatic heterocycles. The van der Waals surface area contributed by atoms with E-state index in [0.29, 0.717) is 28.2 Å². The van der Waals surface area contributed by atoms with Crippen molar-refractivity contribution in [2.24, 2.45) is 0 Å². The van der Waals surface area contributed by atoms with Gasteiger partial charge in [-0.25, -0.2) is 4.79 Å². The summed E-state index contributed by atoms with van der Waals surface area (Å²) in [5, 5.41) is 3.44. The highest BCUT2D eigenvalue weighted by atomic mass is 16.5. The minimum Gasteiger partial charge on any atom is -0.467 e. The number of imide groups is 1. The third-order valence-electron chi connectivity index (χ3n) is 7.10. The highest BCUT2D eigenvalue weighted by Crippen LogP contribution is 2.25. The molecule has 0 unspecified atom stereocenters. The Morgan fingerprint density at radius 1 is 1.00 bits per heavy atom. The van der Waals surface area contributed by atoms with Crippen LogP contribution in [0.2, 0.25) is 0 Å². The van der Waals surface area contributed by atoms with Gasteiger partial charge in [0.1, 0.15) is 17.5 Å². The predicted octanol–water partition coefficient (Wildman–Crippen LogP) is 2.26. The van der Waals surface area contributed by atoms with E-state index in [0.717, 1.165) is 40.7 Å². The number of aromatic amines is 1. The van der Waals surface area contributed by atoms with Gasteiger partial charge in [-0.3, -0.25) is 19.3 Å². The summed E-state index contributed by atoms with van der Waals surface area (Å²) >= 11 is 0. The highest BCUT2D eigenvalue weighted by molar-refractivity contribution is 6.21. The van der Waals surface area contributed by atoms with Crippen molar-refractivity contribution in [3.8, 4) is 0 Å². The number of H-pyrrole nitrogens is 1. The fourth-order valence-corrected chi connectivity index (χ4v) is 4.98. The maximum absolute atomic E-state index is 12.9. The number of methoxy groups -OCH3 is 1. The number of nitrogens with zero attached hydrogens (tertiary/aromatic N) is 3. The number of nitrogen functional groups attached to an aromatic ring is 2. The second-order valence-corrected chi connectivity index (χ2v) is 9.70. The SMILES string of the molecule is COC(=O)[C@H](CCN1C(=O)c2ccccc2C1=O)NC(=O)c1ccc(CCCc2c[nH]c3nc(N)nc(N)c23)cc1. The first-order valence-electron chi connectivity index (χ1n) is 13.1. The Morgan fingerprint density at radius 3 is 2.34 bits per heavy atom. The lowest BCUT2D eigenvalue weighted by molar-refractivity contribution is -0.143. The van der Waals surface area contributed by atoms with Crippen LogP contribution in [0.4, 0.5) is 11.8 Å². The van der Waals surface area contributed by atoms with E-state index in [2.05, 4.69) is 20.3 Å². The lowest BCUT2D eigenvalue weighted by atomic mass is 10.0. The van der Waals surface area contributed by atoms with Crippen LogP contribution in [0.5, 0.6) is 0 Å². The number of aryl methyl sites for hydroxylation is 2. The number of ether oxygens (including phenoxy) is 1. The summed E-state index contributed by atoms with van der Waals surface area (Å²) in [7, 11) is 1.21. The van der Waals surface area contributed by atoms with Crippen LogP contribution in [0, 0.1) is 0 Å². The van der Waals surface area contributed by atoms with Gasteiger partial charge in [0.05, 0.1) is 23.6 Å². The molecule has 12 heteroatoms. The maximum Gasteiger partial charge on any atom is 0.328 e. The normalized spacial score (nSPS) is 13.3. The average Bonchev–Trinajstić information content (AvgIpc) is 3.49.